The summed E-state index contributed by atoms with van der Waals surface area (Å²) in [6, 6.07) is 18.2. The SMILES string of the molecule is O=c1cc(-c2ccccc2)nc(NN=Cc2ccccc2Cl)[nH]1. The van der Waals surface area contributed by atoms with Gasteiger partial charge in [-0.3, -0.25) is 9.78 Å². The van der Waals surface area contributed by atoms with E-state index < -0.39 is 0 Å². The number of halogens is 1. The average Bonchev–Trinajstić information content (AvgIpc) is 2.57. The Balaban J connectivity index is 1.83. The zero-order valence-corrected chi connectivity index (χ0v) is 12.8. The van der Waals surface area contributed by atoms with E-state index in [-0.39, 0.29) is 11.5 Å². The van der Waals surface area contributed by atoms with Crippen molar-refractivity contribution in [3.05, 3.63) is 81.6 Å². The van der Waals surface area contributed by atoms with Crippen molar-refractivity contribution < 1.29 is 0 Å². The van der Waals surface area contributed by atoms with E-state index in [1.165, 1.54) is 6.07 Å². The molecule has 0 aliphatic carbocycles. The van der Waals surface area contributed by atoms with E-state index in [1.807, 2.05) is 48.5 Å². The highest BCUT2D eigenvalue weighted by Gasteiger charge is 2.03. The summed E-state index contributed by atoms with van der Waals surface area (Å²) >= 11 is 6.04. The number of benzene rings is 2. The molecule has 1 aromatic heterocycles. The molecule has 5 nitrogen and oxygen atoms in total. The smallest absolute Gasteiger partial charge is 0.252 e. The van der Waals surface area contributed by atoms with Crippen LogP contribution in [0.4, 0.5) is 5.95 Å². The number of hydrogen-bond donors (Lipinski definition) is 2. The molecule has 3 aromatic rings. The summed E-state index contributed by atoms with van der Waals surface area (Å²) in [6.07, 6.45) is 1.57. The van der Waals surface area contributed by atoms with Crippen molar-refractivity contribution in [1.82, 2.24) is 9.97 Å². The van der Waals surface area contributed by atoms with E-state index in [9.17, 15) is 4.79 Å². The second-order valence-electron chi connectivity index (χ2n) is 4.74. The fraction of sp³-hybridized carbons (Fsp3) is 0. The molecule has 0 fully saturated rings. The van der Waals surface area contributed by atoms with E-state index in [4.69, 9.17) is 11.6 Å². The molecule has 0 saturated carbocycles. The number of hydrazone groups is 1. The first-order chi connectivity index (χ1) is 11.2. The van der Waals surface area contributed by atoms with Crippen LogP contribution in [-0.4, -0.2) is 16.2 Å². The number of aromatic amines is 1. The standard InChI is InChI=1S/C17H13ClN4O/c18-14-9-5-4-8-13(14)11-19-22-17-20-15(10-16(23)21-17)12-6-2-1-3-7-12/h1-11H,(H2,20,21,22,23). The van der Waals surface area contributed by atoms with E-state index in [0.717, 1.165) is 11.1 Å². The molecule has 0 amide bonds. The van der Waals surface area contributed by atoms with Gasteiger partial charge in [0, 0.05) is 22.2 Å². The van der Waals surface area contributed by atoms with Crippen molar-refractivity contribution >= 4 is 23.8 Å². The van der Waals surface area contributed by atoms with Gasteiger partial charge in [0.15, 0.2) is 0 Å². The van der Waals surface area contributed by atoms with Crippen molar-refractivity contribution in [2.24, 2.45) is 5.10 Å². The fourth-order valence-corrected chi connectivity index (χ4v) is 2.19. The first-order valence-corrected chi connectivity index (χ1v) is 7.30. The van der Waals surface area contributed by atoms with Gasteiger partial charge in [0.1, 0.15) is 0 Å². The van der Waals surface area contributed by atoms with Crippen molar-refractivity contribution in [2.45, 2.75) is 0 Å². The Morgan fingerprint density at radius 2 is 1.83 bits per heavy atom. The molecule has 3 rings (SSSR count). The minimum absolute atomic E-state index is 0.255. The van der Waals surface area contributed by atoms with E-state index >= 15 is 0 Å². The van der Waals surface area contributed by atoms with Crippen molar-refractivity contribution in [1.29, 1.82) is 0 Å². The monoisotopic (exact) mass is 324 g/mol. The zero-order chi connectivity index (χ0) is 16.1. The number of H-pyrrole nitrogens is 1. The number of nitrogens with zero attached hydrogens (tertiary/aromatic N) is 2. The van der Waals surface area contributed by atoms with Crippen LogP contribution in [0.15, 0.2) is 70.6 Å². The maximum Gasteiger partial charge on any atom is 0.252 e. The molecule has 1 heterocycles. The summed E-state index contributed by atoms with van der Waals surface area (Å²) in [7, 11) is 0. The Bertz CT molecular complexity index is 890. The van der Waals surface area contributed by atoms with Crippen LogP contribution < -0.4 is 11.0 Å². The molecule has 0 aliphatic heterocycles. The highest BCUT2D eigenvalue weighted by molar-refractivity contribution is 6.33. The maximum atomic E-state index is 11.8. The molecule has 0 spiro atoms. The Morgan fingerprint density at radius 1 is 1.09 bits per heavy atom. The summed E-state index contributed by atoms with van der Waals surface area (Å²) < 4.78 is 0. The van der Waals surface area contributed by atoms with Crippen molar-refractivity contribution in [3.8, 4) is 11.3 Å². The highest BCUT2D eigenvalue weighted by atomic mass is 35.5. The molecule has 0 atom stereocenters. The molecule has 114 valence electrons. The first kappa shape index (κ1) is 15.0. The molecular weight excluding hydrogens is 312 g/mol. The van der Waals surface area contributed by atoms with Crippen LogP contribution in [0.1, 0.15) is 5.56 Å². The van der Waals surface area contributed by atoms with Crippen LogP contribution in [0.3, 0.4) is 0 Å². The van der Waals surface area contributed by atoms with Crippen molar-refractivity contribution in [3.63, 3.8) is 0 Å². The van der Waals surface area contributed by atoms with Crippen LogP contribution in [0.5, 0.6) is 0 Å². The Kier molecular flexibility index (Phi) is 4.49. The molecule has 0 aliphatic rings. The van der Waals surface area contributed by atoms with Crippen LogP contribution >= 0.6 is 11.6 Å². The van der Waals surface area contributed by atoms with Gasteiger partial charge < -0.3 is 0 Å². The van der Waals surface area contributed by atoms with Gasteiger partial charge in [-0.15, -0.1) is 0 Å². The molecule has 0 radical (unpaired) electrons. The minimum Gasteiger partial charge on any atom is -0.291 e. The second-order valence-corrected chi connectivity index (χ2v) is 5.14. The van der Waals surface area contributed by atoms with Crippen LogP contribution in [0, 0.1) is 0 Å². The molecule has 6 heteroatoms. The van der Waals surface area contributed by atoms with E-state index in [2.05, 4.69) is 20.5 Å². The molecule has 0 saturated heterocycles. The summed E-state index contributed by atoms with van der Waals surface area (Å²) in [4.78, 5) is 18.7. The van der Waals surface area contributed by atoms with Crippen molar-refractivity contribution in [2.75, 3.05) is 5.43 Å². The third-order valence-electron chi connectivity index (χ3n) is 3.09. The highest BCUT2D eigenvalue weighted by Crippen LogP contribution is 2.15. The lowest BCUT2D eigenvalue weighted by Crippen LogP contribution is -2.10. The number of hydrogen-bond acceptors (Lipinski definition) is 4. The molecule has 2 aromatic carbocycles. The Hall–Kier alpha value is -2.92. The first-order valence-electron chi connectivity index (χ1n) is 6.93. The third kappa shape index (κ3) is 3.84. The molecule has 0 bridgehead atoms. The number of aromatic nitrogens is 2. The summed E-state index contributed by atoms with van der Waals surface area (Å²) in [5, 5.41) is 4.65. The lowest BCUT2D eigenvalue weighted by Gasteiger charge is -2.03. The van der Waals surface area contributed by atoms with Crippen LogP contribution in [0.2, 0.25) is 5.02 Å². The number of rotatable bonds is 4. The Labute approximate surface area is 137 Å². The predicted molar refractivity (Wildman–Crippen MR) is 93.0 cm³/mol. The predicted octanol–water partition coefficient (Wildman–Crippen LogP) is 3.54. The number of nitrogens with one attached hydrogen (secondary N) is 2. The second kappa shape index (κ2) is 6.89. The van der Waals surface area contributed by atoms with Gasteiger partial charge in [-0.1, -0.05) is 60.1 Å². The zero-order valence-electron chi connectivity index (χ0n) is 12.0. The van der Waals surface area contributed by atoms with E-state index in [1.54, 1.807) is 12.3 Å². The summed E-state index contributed by atoms with van der Waals surface area (Å²) in [6.45, 7) is 0. The van der Waals surface area contributed by atoms with Gasteiger partial charge in [0.05, 0.1) is 11.9 Å². The molecule has 2 N–H and O–H groups in total. The maximum absolute atomic E-state index is 11.8. The van der Waals surface area contributed by atoms with Gasteiger partial charge in [0.2, 0.25) is 5.95 Å². The number of anilines is 1. The summed E-state index contributed by atoms with van der Waals surface area (Å²) in [5.74, 6) is 0.264. The lowest BCUT2D eigenvalue weighted by molar-refractivity contribution is 1.09. The van der Waals surface area contributed by atoms with Gasteiger partial charge in [-0.05, 0) is 6.07 Å². The average molecular weight is 325 g/mol. The van der Waals surface area contributed by atoms with Crippen LogP contribution in [-0.2, 0) is 0 Å². The summed E-state index contributed by atoms with van der Waals surface area (Å²) in [5.41, 5.74) is 4.66. The molecule has 23 heavy (non-hydrogen) atoms. The third-order valence-corrected chi connectivity index (χ3v) is 3.43. The van der Waals surface area contributed by atoms with Gasteiger partial charge in [-0.2, -0.15) is 5.10 Å². The minimum atomic E-state index is -0.255. The largest absolute Gasteiger partial charge is 0.291 e. The van der Waals surface area contributed by atoms with Crippen LogP contribution in [0.25, 0.3) is 11.3 Å². The van der Waals surface area contributed by atoms with Gasteiger partial charge in [-0.25, -0.2) is 10.4 Å². The molecular formula is C17H13ClN4O. The lowest BCUT2D eigenvalue weighted by atomic mass is 10.1. The Morgan fingerprint density at radius 3 is 2.61 bits per heavy atom. The quantitative estimate of drug-likeness (QED) is 0.569. The van der Waals surface area contributed by atoms with E-state index in [0.29, 0.717) is 10.7 Å². The van der Waals surface area contributed by atoms with Gasteiger partial charge >= 0.3 is 0 Å². The normalized spacial score (nSPS) is 10.8. The topological polar surface area (TPSA) is 70.1 Å². The molecule has 0 unspecified atom stereocenters. The van der Waals surface area contributed by atoms with Gasteiger partial charge in [0.25, 0.3) is 5.56 Å². The fourth-order valence-electron chi connectivity index (χ4n) is 2.01.